The van der Waals surface area contributed by atoms with Gasteiger partial charge in [-0.2, -0.15) is 0 Å². The van der Waals surface area contributed by atoms with Crippen LogP contribution in [0.5, 0.6) is 5.75 Å². The van der Waals surface area contributed by atoms with Gasteiger partial charge >= 0.3 is 5.63 Å². The first-order valence-electron chi connectivity index (χ1n) is 12.9. The van der Waals surface area contributed by atoms with Gasteiger partial charge in [-0.1, -0.05) is 31.0 Å². The number of aromatic hydroxyl groups is 1. The van der Waals surface area contributed by atoms with Crippen molar-refractivity contribution in [2.24, 2.45) is 5.92 Å². The minimum atomic E-state index is -3.90. The zero-order valence-electron chi connectivity index (χ0n) is 20.4. The highest BCUT2D eigenvalue weighted by atomic mass is 32.2. The normalized spacial score (nSPS) is 17.1. The third-order valence-electron chi connectivity index (χ3n) is 7.54. The van der Waals surface area contributed by atoms with E-state index >= 15 is 0 Å². The maximum Gasteiger partial charge on any atom is 0.343 e. The Morgan fingerprint density at radius 1 is 0.973 bits per heavy atom. The van der Waals surface area contributed by atoms with Crippen molar-refractivity contribution in [1.82, 2.24) is 0 Å². The molecule has 8 heteroatoms. The Balaban J connectivity index is 1.38. The van der Waals surface area contributed by atoms with Gasteiger partial charge < -0.3 is 13.9 Å². The molecule has 1 unspecified atom stereocenters. The summed E-state index contributed by atoms with van der Waals surface area (Å²) in [5, 5.41) is 11.8. The summed E-state index contributed by atoms with van der Waals surface area (Å²) in [6.45, 7) is 0. The second-order valence-corrected chi connectivity index (χ2v) is 11.8. The number of hydrogen-bond donors (Lipinski definition) is 2. The van der Waals surface area contributed by atoms with E-state index in [1.54, 1.807) is 36.4 Å². The smallest absolute Gasteiger partial charge is 0.343 e. The molecule has 1 atom stereocenters. The number of furan rings is 1. The molecule has 2 aliphatic carbocycles. The highest BCUT2D eigenvalue weighted by Crippen LogP contribution is 2.49. The quantitative estimate of drug-likeness (QED) is 0.319. The second-order valence-electron chi connectivity index (χ2n) is 10.1. The van der Waals surface area contributed by atoms with Crippen molar-refractivity contribution in [2.75, 3.05) is 4.72 Å². The van der Waals surface area contributed by atoms with E-state index in [1.807, 2.05) is 6.07 Å². The van der Waals surface area contributed by atoms with Crippen LogP contribution in [0, 0.1) is 5.92 Å². The van der Waals surface area contributed by atoms with E-state index < -0.39 is 15.6 Å². The summed E-state index contributed by atoms with van der Waals surface area (Å²) in [4.78, 5) is 13.3. The van der Waals surface area contributed by atoms with E-state index in [0.717, 1.165) is 49.7 Å². The van der Waals surface area contributed by atoms with Crippen LogP contribution in [0.3, 0.4) is 0 Å². The van der Waals surface area contributed by atoms with Crippen LogP contribution in [0.15, 0.2) is 73.3 Å². The van der Waals surface area contributed by atoms with E-state index in [9.17, 15) is 18.3 Å². The fraction of sp³-hybridized carbons (Fsp3) is 0.345. The van der Waals surface area contributed by atoms with Crippen LogP contribution in [0.25, 0.3) is 11.0 Å². The van der Waals surface area contributed by atoms with Crippen molar-refractivity contribution in [3.8, 4) is 5.75 Å². The molecule has 2 N–H and O–H groups in total. The van der Waals surface area contributed by atoms with Crippen molar-refractivity contribution in [2.45, 2.75) is 62.2 Å². The van der Waals surface area contributed by atoms with Crippen molar-refractivity contribution >= 4 is 26.7 Å². The molecule has 2 heterocycles. The van der Waals surface area contributed by atoms with Gasteiger partial charge in [-0.3, -0.25) is 4.72 Å². The predicted octanol–water partition coefficient (Wildman–Crippen LogP) is 6.09. The molecular formula is C29H29NO6S. The molecule has 0 saturated heterocycles. The van der Waals surface area contributed by atoms with Gasteiger partial charge in [0.05, 0.1) is 16.7 Å². The minimum Gasteiger partial charge on any atom is -0.507 e. The summed E-state index contributed by atoms with van der Waals surface area (Å²) < 4.78 is 40.4. The summed E-state index contributed by atoms with van der Waals surface area (Å²) >= 11 is 0. The van der Waals surface area contributed by atoms with Crippen LogP contribution >= 0.6 is 0 Å². The highest BCUT2D eigenvalue weighted by molar-refractivity contribution is 7.93. The zero-order valence-corrected chi connectivity index (χ0v) is 21.2. The van der Waals surface area contributed by atoms with E-state index in [4.69, 9.17) is 8.83 Å². The van der Waals surface area contributed by atoms with E-state index in [-0.39, 0.29) is 22.5 Å². The highest BCUT2D eigenvalue weighted by Gasteiger charge is 2.38. The van der Waals surface area contributed by atoms with Gasteiger partial charge in [0.15, 0.2) is 0 Å². The Bertz CT molecular complexity index is 1630. The molecule has 7 nitrogen and oxygen atoms in total. The summed E-state index contributed by atoms with van der Waals surface area (Å²) in [6, 6.07) is 13.6. The lowest BCUT2D eigenvalue weighted by molar-refractivity contribution is 0.382. The molecule has 4 aromatic rings. The standard InChI is InChI=1S/C29H29NO6S/c31-28-22-9-3-1-2-4-10-24(22)36-29(32)27(28)26(18-13-14-18)19-7-5-8-20(17-19)30-37(33,34)25-12-6-11-23-21(25)15-16-35-23/h5-8,11-12,15-18,26,30-31H,1-4,9-10,13-14H2. The van der Waals surface area contributed by atoms with Gasteiger partial charge in [0.25, 0.3) is 10.0 Å². The molecule has 2 aromatic heterocycles. The van der Waals surface area contributed by atoms with E-state index in [2.05, 4.69) is 4.72 Å². The molecule has 1 saturated carbocycles. The Labute approximate surface area is 215 Å². The maximum absolute atomic E-state index is 13.3. The minimum absolute atomic E-state index is 0.0580. The van der Waals surface area contributed by atoms with Crippen molar-refractivity contribution in [3.63, 3.8) is 0 Å². The van der Waals surface area contributed by atoms with Crippen molar-refractivity contribution < 1.29 is 22.4 Å². The number of sulfonamides is 1. The van der Waals surface area contributed by atoms with Crippen LogP contribution in [0.4, 0.5) is 5.69 Å². The number of benzene rings is 2. The van der Waals surface area contributed by atoms with E-state index in [0.29, 0.717) is 40.8 Å². The third-order valence-corrected chi connectivity index (χ3v) is 8.98. The molecule has 0 spiro atoms. The molecule has 0 radical (unpaired) electrons. The molecule has 6 rings (SSSR count). The van der Waals surface area contributed by atoms with Gasteiger partial charge in [0.2, 0.25) is 0 Å². The first kappa shape index (κ1) is 23.9. The first-order valence-corrected chi connectivity index (χ1v) is 14.4. The fourth-order valence-electron chi connectivity index (χ4n) is 5.61. The summed E-state index contributed by atoms with van der Waals surface area (Å²) in [7, 11) is -3.90. The topological polar surface area (TPSA) is 110 Å². The Kier molecular flexibility index (Phi) is 6.07. The predicted molar refractivity (Wildman–Crippen MR) is 141 cm³/mol. The Hall–Kier alpha value is -3.52. The Morgan fingerprint density at radius 3 is 2.57 bits per heavy atom. The summed E-state index contributed by atoms with van der Waals surface area (Å²) in [6.07, 6.45) is 8.74. The average molecular weight is 520 g/mol. The third kappa shape index (κ3) is 4.55. The van der Waals surface area contributed by atoms with Crippen LogP contribution in [0.2, 0.25) is 0 Å². The number of nitrogens with one attached hydrogen (secondary N) is 1. The van der Waals surface area contributed by atoms with Crippen LogP contribution in [-0.4, -0.2) is 13.5 Å². The Morgan fingerprint density at radius 2 is 1.76 bits per heavy atom. The molecular weight excluding hydrogens is 490 g/mol. The van der Waals surface area contributed by atoms with Crippen molar-refractivity contribution in [1.29, 1.82) is 0 Å². The van der Waals surface area contributed by atoms with Gasteiger partial charge in [-0.25, -0.2) is 13.2 Å². The molecule has 2 aliphatic rings. The average Bonchev–Trinajstić information content (AvgIpc) is 3.57. The van der Waals surface area contributed by atoms with Gasteiger partial charge in [0.1, 0.15) is 17.1 Å². The fourth-order valence-corrected chi connectivity index (χ4v) is 6.87. The number of aryl methyl sites for hydroxylation is 1. The lowest BCUT2D eigenvalue weighted by atomic mass is 9.85. The SMILES string of the molecule is O=c1oc2c(c(O)c1C(c1cccc(NS(=O)(=O)c3cccc4occc34)c1)C1CC1)CCCCCC2. The van der Waals surface area contributed by atoms with Crippen LogP contribution in [0.1, 0.15) is 66.9 Å². The zero-order chi connectivity index (χ0) is 25.6. The number of anilines is 1. The molecule has 0 amide bonds. The number of fused-ring (bicyclic) bond motifs is 2. The lowest BCUT2D eigenvalue weighted by Gasteiger charge is -2.22. The lowest BCUT2D eigenvalue weighted by Crippen LogP contribution is -2.19. The van der Waals surface area contributed by atoms with Crippen LogP contribution < -0.4 is 10.3 Å². The molecule has 1 fully saturated rings. The number of rotatable bonds is 6. The maximum atomic E-state index is 13.3. The molecule has 192 valence electrons. The van der Waals surface area contributed by atoms with Gasteiger partial charge in [-0.05, 0) is 73.9 Å². The monoisotopic (exact) mass is 519 g/mol. The van der Waals surface area contributed by atoms with E-state index in [1.165, 1.54) is 12.3 Å². The van der Waals surface area contributed by atoms with Crippen LogP contribution in [-0.2, 0) is 22.9 Å². The number of hydrogen-bond acceptors (Lipinski definition) is 6. The largest absolute Gasteiger partial charge is 0.507 e. The van der Waals surface area contributed by atoms with Gasteiger partial charge in [-0.15, -0.1) is 0 Å². The first-order chi connectivity index (χ1) is 17.9. The molecule has 37 heavy (non-hydrogen) atoms. The van der Waals surface area contributed by atoms with Crippen molar-refractivity contribution in [3.05, 3.63) is 87.7 Å². The summed E-state index contributed by atoms with van der Waals surface area (Å²) in [5.41, 5.74) is 2.21. The molecule has 0 bridgehead atoms. The van der Waals surface area contributed by atoms with Gasteiger partial charge in [0, 0.05) is 29.0 Å². The molecule has 0 aliphatic heterocycles. The summed E-state index contributed by atoms with van der Waals surface area (Å²) in [5.74, 6) is 0.485. The molecule has 2 aromatic carbocycles. The second kappa shape index (κ2) is 9.41.